The van der Waals surface area contributed by atoms with E-state index in [2.05, 4.69) is 48.3 Å². The van der Waals surface area contributed by atoms with E-state index in [9.17, 15) is 4.79 Å². The summed E-state index contributed by atoms with van der Waals surface area (Å²) in [7, 11) is 0. The SMILES string of the molecule is C=CC(=O)NCC(c1ccccc1)(c1ccccc1)c1ccccc1. The van der Waals surface area contributed by atoms with Gasteiger partial charge in [-0.15, -0.1) is 0 Å². The van der Waals surface area contributed by atoms with E-state index >= 15 is 0 Å². The Hall–Kier alpha value is -3.13. The fourth-order valence-electron chi connectivity index (χ4n) is 3.27. The molecule has 0 fully saturated rings. The third-order valence-corrected chi connectivity index (χ3v) is 4.51. The average molecular weight is 327 g/mol. The number of hydrogen-bond donors (Lipinski definition) is 1. The predicted molar refractivity (Wildman–Crippen MR) is 102 cm³/mol. The van der Waals surface area contributed by atoms with E-state index in [1.165, 1.54) is 6.08 Å². The molecule has 3 rings (SSSR count). The number of carbonyl (C=O) groups excluding carboxylic acids is 1. The maximum atomic E-state index is 11.9. The molecule has 0 saturated heterocycles. The van der Waals surface area contributed by atoms with Crippen molar-refractivity contribution in [3.63, 3.8) is 0 Å². The van der Waals surface area contributed by atoms with Gasteiger partial charge in [-0.25, -0.2) is 0 Å². The van der Waals surface area contributed by atoms with Crippen molar-refractivity contribution in [3.8, 4) is 0 Å². The molecule has 0 radical (unpaired) electrons. The van der Waals surface area contributed by atoms with Crippen LogP contribution >= 0.6 is 0 Å². The average Bonchev–Trinajstić information content (AvgIpc) is 2.71. The van der Waals surface area contributed by atoms with Gasteiger partial charge in [0.15, 0.2) is 0 Å². The number of amides is 1. The number of benzene rings is 3. The van der Waals surface area contributed by atoms with Crippen LogP contribution in [-0.2, 0) is 10.2 Å². The number of rotatable bonds is 6. The summed E-state index contributed by atoms with van der Waals surface area (Å²) in [5, 5.41) is 3.01. The molecule has 0 aliphatic carbocycles. The second-order valence-corrected chi connectivity index (χ2v) is 5.93. The van der Waals surface area contributed by atoms with Crippen LogP contribution in [0, 0.1) is 0 Å². The Morgan fingerprint density at radius 3 is 1.44 bits per heavy atom. The van der Waals surface area contributed by atoms with Crippen molar-refractivity contribution in [3.05, 3.63) is 120 Å². The molecule has 2 heteroatoms. The van der Waals surface area contributed by atoms with E-state index in [0.29, 0.717) is 6.54 Å². The summed E-state index contributed by atoms with van der Waals surface area (Å²) in [6.07, 6.45) is 1.31. The van der Waals surface area contributed by atoms with Gasteiger partial charge in [0.25, 0.3) is 0 Å². The molecule has 1 amide bonds. The van der Waals surface area contributed by atoms with Crippen LogP contribution in [0.3, 0.4) is 0 Å². The topological polar surface area (TPSA) is 29.1 Å². The van der Waals surface area contributed by atoms with Crippen molar-refractivity contribution in [2.75, 3.05) is 6.54 Å². The Bertz CT molecular complexity index is 729. The van der Waals surface area contributed by atoms with Crippen LogP contribution in [0.1, 0.15) is 16.7 Å². The Balaban J connectivity index is 2.23. The number of carbonyl (C=O) groups is 1. The molecule has 0 unspecified atom stereocenters. The van der Waals surface area contributed by atoms with E-state index in [1.54, 1.807) is 0 Å². The monoisotopic (exact) mass is 327 g/mol. The molecule has 25 heavy (non-hydrogen) atoms. The lowest BCUT2D eigenvalue weighted by Gasteiger charge is -2.36. The van der Waals surface area contributed by atoms with Crippen molar-refractivity contribution in [1.82, 2.24) is 5.32 Å². The van der Waals surface area contributed by atoms with Gasteiger partial charge in [0.1, 0.15) is 0 Å². The highest BCUT2D eigenvalue weighted by molar-refractivity contribution is 5.87. The first-order valence-electron chi connectivity index (χ1n) is 8.34. The van der Waals surface area contributed by atoms with Crippen molar-refractivity contribution >= 4 is 5.91 Å². The quantitative estimate of drug-likeness (QED) is 0.530. The molecule has 0 aliphatic rings. The van der Waals surface area contributed by atoms with Gasteiger partial charge in [0, 0.05) is 6.54 Å². The van der Waals surface area contributed by atoms with Gasteiger partial charge >= 0.3 is 0 Å². The summed E-state index contributed by atoms with van der Waals surface area (Å²) in [6.45, 7) is 4.02. The smallest absolute Gasteiger partial charge is 0.243 e. The van der Waals surface area contributed by atoms with Gasteiger partial charge in [-0.2, -0.15) is 0 Å². The molecule has 0 bridgehead atoms. The Labute approximate surface area is 148 Å². The van der Waals surface area contributed by atoms with Crippen LogP contribution in [0.15, 0.2) is 104 Å². The van der Waals surface area contributed by atoms with Crippen molar-refractivity contribution in [2.45, 2.75) is 5.41 Å². The zero-order chi connectivity index (χ0) is 17.5. The Morgan fingerprint density at radius 2 is 1.12 bits per heavy atom. The predicted octanol–water partition coefficient (Wildman–Crippen LogP) is 4.32. The summed E-state index contributed by atoms with van der Waals surface area (Å²) in [5.74, 6) is -0.174. The highest BCUT2D eigenvalue weighted by Crippen LogP contribution is 2.38. The molecule has 0 spiro atoms. The van der Waals surface area contributed by atoms with Gasteiger partial charge in [0.05, 0.1) is 5.41 Å². The minimum absolute atomic E-state index is 0.174. The number of nitrogens with one attached hydrogen (secondary N) is 1. The largest absolute Gasteiger partial charge is 0.351 e. The molecule has 0 heterocycles. The van der Waals surface area contributed by atoms with Crippen molar-refractivity contribution < 1.29 is 4.79 Å². The van der Waals surface area contributed by atoms with Crippen molar-refractivity contribution in [2.24, 2.45) is 0 Å². The molecule has 3 aromatic rings. The lowest BCUT2D eigenvalue weighted by atomic mass is 9.69. The first kappa shape index (κ1) is 16.7. The molecule has 1 N–H and O–H groups in total. The summed E-state index contributed by atoms with van der Waals surface area (Å²) in [6, 6.07) is 30.9. The fraction of sp³-hybridized carbons (Fsp3) is 0.0870. The van der Waals surface area contributed by atoms with Crippen LogP contribution in [0.25, 0.3) is 0 Å². The molecule has 0 atom stereocenters. The minimum Gasteiger partial charge on any atom is -0.351 e. The molecule has 0 aliphatic heterocycles. The maximum absolute atomic E-state index is 11.9. The van der Waals surface area contributed by atoms with Gasteiger partial charge in [-0.3, -0.25) is 4.79 Å². The molecule has 124 valence electrons. The Morgan fingerprint density at radius 1 is 0.760 bits per heavy atom. The third kappa shape index (κ3) is 3.38. The van der Waals surface area contributed by atoms with E-state index in [4.69, 9.17) is 0 Å². The second kappa shape index (κ2) is 7.63. The first-order valence-corrected chi connectivity index (χ1v) is 8.34. The van der Waals surface area contributed by atoms with Crippen LogP contribution < -0.4 is 5.32 Å². The van der Waals surface area contributed by atoms with Gasteiger partial charge in [-0.05, 0) is 22.8 Å². The molecular formula is C23H21NO. The lowest BCUT2D eigenvalue weighted by Crippen LogP contribution is -2.42. The van der Waals surface area contributed by atoms with E-state index in [-0.39, 0.29) is 5.91 Å². The zero-order valence-corrected chi connectivity index (χ0v) is 14.1. The molecule has 3 aromatic carbocycles. The van der Waals surface area contributed by atoms with E-state index in [0.717, 1.165) is 16.7 Å². The molecule has 2 nitrogen and oxygen atoms in total. The molecule has 0 aromatic heterocycles. The Kier molecular flexibility index (Phi) is 5.10. The fourth-order valence-corrected chi connectivity index (χ4v) is 3.27. The maximum Gasteiger partial charge on any atom is 0.243 e. The summed E-state index contributed by atoms with van der Waals surface area (Å²) in [5.41, 5.74) is 2.94. The van der Waals surface area contributed by atoms with Gasteiger partial charge < -0.3 is 5.32 Å². The molecular weight excluding hydrogens is 306 g/mol. The van der Waals surface area contributed by atoms with Crippen LogP contribution in [-0.4, -0.2) is 12.5 Å². The summed E-state index contributed by atoms with van der Waals surface area (Å²) < 4.78 is 0. The minimum atomic E-state index is -0.470. The highest BCUT2D eigenvalue weighted by atomic mass is 16.1. The normalized spacial score (nSPS) is 10.9. The number of hydrogen-bond acceptors (Lipinski definition) is 1. The van der Waals surface area contributed by atoms with Gasteiger partial charge in [-0.1, -0.05) is 97.6 Å². The second-order valence-electron chi connectivity index (χ2n) is 5.93. The molecule has 0 saturated carbocycles. The first-order chi connectivity index (χ1) is 12.3. The van der Waals surface area contributed by atoms with Gasteiger partial charge in [0.2, 0.25) is 5.91 Å². The van der Waals surface area contributed by atoms with E-state index in [1.807, 2.05) is 54.6 Å². The third-order valence-electron chi connectivity index (χ3n) is 4.51. The lowest BCUT2D eigenvalue weighted by molar-refractivity contribution is -0.116. The summed E-state index contributed by atoms with van der Waals surface area (Å²) in [4.78, 5) is 11.9. The zero-order valence-electron chi connectivity index (χ0n) is 14.1. The van der Waals surface area contributed by atoms with Crippen LogP contribution in [0.2, 0.25) is 0 Å². The van der Waals surface area contributed by atoms with E-state index < -0.39 is 5.41 Å². The van der Waals surface area contributed by atoms with Crippen molar-refractivity contribution in [1.29, 1.82) is 0 Å². The summed E-state index contributed by atoms with van der Waals surface area (Å²) >= 11 is 0. The van der Waals surface area contributed by atoms with Crippen LogP contribution in [0.4, 0.5) is 0 Å². The standard InChI is InChI=1S/C23H21NO/c1-2-22(25)24-18-23(19-12-6-3-7-13-19,20-14-8-4-9-15-20)21-16-10-5-11-17-21/h2-17H,1,18H2,(H,24,25). The van der Waals surface area contributed by atoms with Crippen LogP contribution in [0.5, 0.6) is 0 Å². The highest BCUT2D eigenvalue weighted by Gasteiger charge is 2.36.